The van der Waals surface area contributed by atoms with Crippen LogP contribution >= 0.6 is 0 Å². The van der Waals surface area contributed by atoms with Crippen molar-refractivity contribution in [1.82, 2.24) is 5.43 Å². The molecule has 0 radical (unpaired) electrons. The van der Waals surface area contributed by atoms with Crippen molar-refractivity contribution in [3.63, 3.8) is 0 Å². The van der Waals surface area contributed by atoms with Crippen molar-refractivity contribution in [2.24, 2.45) is 5.10 Å². The Bertz CT molecular complexity index is 964. The second kappa shape index (κ2) is 9.18. The molecule has 0 aliphatic rings. The molecule has 7 nitrogen and oxygen atoms in total. The van der Waals surface area contributed by atoms with Gasteiger partial charge in [0.25, 0.3) is 5.91 Å². The van der Waals surface area contributed by atoms with Gasteiger partial charge >= 0.3 is 5.97 Å². The Labute approximate surface area is 162 Å². The quantitative estimate of drug-likeness (QED) is 0.285. The molecule has 2 aromatic carbocycles. The van der Waals surface area contributed by atoms with Crippen LogP contribution in [0, 0.1) is 6.92 Å². The number of hydrazone groups is 1. The summed E-state index contributed by atoms with van der Waals surface area (Å²) >= 11 is 0. The molecule has 7 heteroatoms. The van der Waals surface area contributed by atoms with Crippen LogP contribution in [0.4, 0.5) is 5.69 Å². The fraction of sp³-hybridized carbons (Fsp3) is 0.0952. The molecule has 0 saturated heterocycles. The molecule has 142 valence electrons. The van der Waals surface area contributed by atoms with E-state index in [9.17, 15) is 9.59 Å². The zero-order valence-corrected chi connectivity index (χ0v) is 15.2. The Morgan fingerprint density at radius 2 is 1.93 bits per heavy atom. The van der Waals surface area contributed by atoms with Crippen molar-refractivity contribution >= 4 is 23.8 Å². The summed E-state index contributed by atoms with van der Waals surface area (Å²) in [5, 5.41) is 6.94. The number of hydrogen-bond donors (Lipinski definition) is 2. The summed E-state index contributed by atoms with van der Waals surface area (Å²) < 4.78 is 10.2. The number of hydrogen-bond acceptors (Lipinski definition) is 6. The Morgan fingerprint density at radius 3 is 2.64 bits per heavy atom. The fourth-order valence-electron chi connectivity index (χ4n) is 2.33. The number of aryl methyl sites for hydroxylation is 1. The largest absolute Gasteiger partial charge is 0.457 e. The number of nitrogens with zero attached hydrogens (tertiary/aromatic N) is 1. The number of carbonyl (C=O) groups is 2. The van der Waals surface area contributed by atoms with E-state index >= 15 is 0 Å². The maximum Gasteiger partial charge on any atom is 0.379 e. The number of furan rings is 1. The molecular weight excluding hydrogens is 358 g/mol. The summed E-state index contributed by atoms with van der Waals surface area (Å²) in [5.41, 5.74) is 5.18. The van der Waals surface area contributed by atoms with Gasteiger partial charge in [0.15, 0.2) is 0 Å². The van der Waals surface area contributed by atoms with Crippen molar-refractivity contribution in [2.75, 3.05) is 11.9 Å². The molecule has 1 heterocycles. The average Bonchev–Trinajstić information content (AvgIpc) is 3.23. The maximum absolute atomic E-state index is 11.8. The number of anilines is 1. The van der Waals surface area contributed by atoms with Crippen LogP contribution in [-0.4, -0.2) is 24.6 Å². The molecule has 3 rings (SSSR count). The van der Waals surface area contributed by atoms with E-state index in [-0.39, 0.29) is 18.2 Å². The lowest BCUT2D eigenvalue weighted by atomic mass is 10.2. The molecule has 0 aliphatic carbocycles. The van der Waals surface area contributed by atoms with Crippen molar-refractivity contribution in [2.45, 2.75) is 6.92 Å². The first-order valence-electron chi connectivity index (χ1n) is 8.58. The number of carbonyl (C=O) groups excluding carboxylic acids is 2. The Kier molecular flexibility index (Phi) is 6.20. The minimum absolute atomic E-state index is 0.114. The van der Waals surface area contributed by atoms with Crippen LogP contribution in [-0.2, 0) is 4.79 Å². The topological polar surface area (TPSA) is 92.9 Å². The van der Waals surface area contributed by atoms with Gasteiger partial charge < -0.3 is 14.5 Å². The van der Waals surface area contributed by atoms with Crippen molar-refractivity contribution in [3.05, 3.63) is 83.8 Å². The molecule has 3 aromatic rings. The Morgan fingerprint density at radius 1 is 1.11 bits per heavy atom. The van der Waals surface area contributed by atoms with E-state index in [0.717, 1.165) is 16.8 Å². The van der Waals surface area contributed by atoms with Gasteiger partial charge in [-0.1, -0.05) is 12.1 Å². The number of benzene rings is 2. The minimum Gasteiger partial charge on any atom is -0.457 e. The van der Waals surface area contributed by atoms with Crippen LogP contribution in [0.25, 0.3) is 0 Å². The minimum atomic E-state index is -0.570. The predicted molar refractivity (Wildman–Crippen MR) is 106 cm³/mol. The van der Waals surface area contributed by atoms with Crippen molar-refractivity contribution < 1.29 is 18.7 Å². The van der Waals surface area contributed by atoms with E-state index < -0.39 is 5.97 Å². The highest BCUT2D eigenvalue weighted by molar-refractivity contribution is 5.88. The van der Waals surface area contributed by atoms with Gasteiger partial charge in [0.1, 0.15) is 5.75 Å². The van der Waals surface area contributed by atoms with E-state index in [1.807, 2.05) is 31.2 Å². The normalized spacial score (nSPS) is 10.6. The third-order valence-corrected chi connectivity index (χ3v) is 3.69. The monoisotopic (exact) mass is 377 g/mol. The Balaban J connectivity index is 1.45. The van der Waals surface area contributed by atoms with Gasteiger partial charge in [-0.3, -0.25) is 4.79 Å². The number of rotatable bonds is 7. The van der Waals surface area contributed by atoms with E-state index in [1.165, 1.54) is 18.5 Å². The highest BCUT2D eigenvalue weighted by Crippen LogP contribution is 2.14. The fourth-order valence-corrected chi connectivity index (χ4v) is 2.33. The summed E-state index contributed by atoms with van der Waals surface area (Å²) in [5.74, 6) is -0.320. The third kappa shape index (κ3) is 5.57. The molecule has 0 fully saturated rings. The second-order valence-electron chi connectivity index (χ2n) is 5.95. The van der Waals surface area contributed by atoms with Crippen LogP contribution in [0.15, 0.2) is 76.4 Å². The molecule has 1 amide bonds. The van der Waals surface area contributed by atoms with Crippen LogP contribution in [0.1, 0.15) is 21.7 Å². The number of ether oxygens (including phenoxy) is 1. The first-order valence-corrected chi connectivity index (χ1v) is 8.58. The summed E-state index contributed by atoms with van der Waals surface area (Å²) in [7, 11) is 0. The summed E-state index contributed by atoms with van der Waals surface area (Å²) in [4.78, 5) is 23.6. The number of amides is 1. The maximum atomic E-state index is 11.8. The van der Waals surface area contributed by atoms with E-state index in [4.69, 9.17) is 9.15 Å². The number of nitrogens with one attached hydrogen (secondary N) is 2. The van der Waals surface area contributed by atoms with E-state index in [0.29, 0.717) is 5.75 Å². The first-order chi connectivity index (χ1) is 13.6. The molecule has 0 aliphatic heterocycles. The third-order valence-electron chi connectivity index (χ3n) is 3.69. The summed E-state index contributed by atoms with van der Waals surface area (Å²) in [6.45, 7) is 2.10. The van der Waals surface area contributed by atoms with Gasteiger partial charge in [-0.2, -0.15) is 5.10 Å². The van der Waals surface area contributed by atoms with Crippen LogP contribution in [0.5, 0.6) is 5.75 Å². The van der Waals surface area contributed by atoms with Crippen LogP contribution in [0.3, 0.4) is 0 Å². The number of esters is 1. The van der Waals surface area contributed by atoms with Crippen LogP contribution < -0.4 is 15.5 Å². The molecule has 0 atom stereocenters. The molecule has 0 saturated carbocycles. The molecule has 0 bridgehead atoms. The molecule has 2 N–H and O–H groups in total. The van der Waals surface area contributed by atoms with Gasteiger partial charge in [0.05, 0.1) is 19.0 Å². The van der Waals surface area contributed by atoms with Crippen molar-refractivity contribution in [3.8, 4) is 5.75 Å². The van der Waals surface area contributed by atoms with Gasteiger partial charge in [-0.25, -0.2) is 10.2 Å². The van der Waals surface area contributed by atoms with E-state index in [1.54, 1.807) is 30.3 Å². The lowest BCUT2D eigenvalue weighted by Gasteiger charge is -2.05. The van der Waals surface area contributed by atoms with Gasteiger partial charge in [-0.15, -0.1) is 0 Å². The van der Waals surface area contributed by atoms with Crippen LogP contribution in [0.2, 0.25) is 0 Å². The van der Waals surface area contributed by atoms with Gasteiger partial charge in [-0.05, 0) is 66.6 Å². The van der Waals surface area contributed by atoms with Crippen molar-refractivity contribution in [1.29, 1.82) is 0 Å². The lowest BCUT2D eigenvalue weighted by molar-refractivity contribution is -0.119. The SMILES string of the molecule is Cc1cccc(NCC(=O)N/N=C/c2ccc(OC(=O)c3ccco3)cc2)c1. The smallest absolute Gasteiger partial charge is 0.379 e. The average molecular weight is 377 g/mol. The highest BCUT2D eigenvalue weighted by atomic mass is 16.5. The second-order valence-corrected chi connectivity index (χ2v) is 5.95. The zero-order chi connectivity index (χ0) is 19.8. The summed E-state index contributed by atoms with van der Waals surface area (Å²) in [6, 6.07) is 17.6. The lowest BCUT2D eigenvalue weighted by Crippen LogP contribution is -2.25. The molecule has 0 unspecified atom stereocenters. The standard InChI is InChI=1S/C21H19N3O4/c1-15-4-2-5-17(12-15)22-14-20(25)24-23-13-16-7-9-18(10-8-16)28-21(26)19-6-3-11-27-19/h2-13,22H,14H2,1H3,(H,24,25)/b23-13+. The zero-order valence-electron chi connectivity index (χ0n) is 15.2. The predicted octanol–water partition coefficient (Wildman–Crippen LogP) is 3.37. The van der Waals surface area contributed by atoms with Gasteiger partial charge in [0, 0.05) is 5.69 Å². The van der Waals surface area contributed by atoms with Gasteiger partial charge in [0.2, 0.25) is 5.76 Å². The molecule has 1 aromatic heterocycles. The summed E-state index contributed by atoms with van der Waals surface area (Å²) in [6.07, 6.45) is 2.91. The first kappa shape index (κ1) is 18.9. The molecule has 0 spiro atoms. The molecular formula is C21H19N3O4. The van der Waals surface area contributed by atoms with E-state index in [2.05, 4.69) is 15.8 Å². The highest BCUT2D eigenvalue weighted by Gasteiger charge is 2.10. The molecule has 28 heavy (non-hydrogen) atoms. The Hall–Kier alpha value is -3.87.